The van der Waals surface area contributed by atoms with E-state index in [0.717, 1.165) is 43.1 Å². The molecule has 0 amide bonds. The van der Waals surface area contributed by atoms with Crippen LogP contribution in [0.4, 0.5) is 16.0 Å². The summed E-state index contributed by atoms with van der Waals surface area (Å²) < 4.78 is 26.7. The van der Waals surface area contributed by atoms with Crippen molar-refractivity contribution in [1.82, 2.24) is 19.8 Å². The van der Waals surface area contributed by atoms with Crippen LogP contribution in [0.25, 0.3) is 11.3 Å². The molecule has 2 atom stereocenters. The molecule has 1 aliphatic carbocycles. The second-order valence-corrected chi connectivity index (χ2v) is 10.9. The van der Waals surface area contributed by atoms with Crippen molar-refractivity contribution in [2.45, 2.75) is 32.2 Å². The lowest BCUT2D eigenvalue weighted by Gasteiger charge is -2.21. The molecule has 1 aromatic heterocycles. The second-order valence-electron chi connectivity index (χ2n) is 10.9. The fraction of sp³-hybridized carbons (Fsp3) is 0.467. The van der Waals surface area contributed by atoms with Gasteiger partial charge in [0.2, 0.25) is 5.95 Å². The Morgan fingerprint density at radius 2 is 2.00 bits per heavy atom. The van der Waals surface area contributed by atoms with E-state index in [2.05, 4.69) is 38.2 Å². The maximum Gasteiger partial charge on any atom is 0.227 e. The molecule has 6 bridgehead atoms. The molecule has 3 heterocycles. The smallest absolute Gasteiger partial charge is 0.227 e. The van der Waals surface area contributed by atoms with Crippen LogP contribution in [-0.4, -0.2) is 66.2 Å². The molecule has 1 N–H and O–H groups in total. The molecular formula is C30H36FN5O2. The number of likely N-dealkylation sites (tertiary alicyclic amines) is 1. The topological polar surface area (TPSA) is 62.8 Å². The van der Waals surface area contributed by atoms with Crippen LogP contribution in [-0.2, 0) is 6.54 Å². The quantitative estimate of drug-likeness (QED) is 0.501. The van der Waals surface area contributed by atoms with E-state index in [9.17, 15) is 4.39 Å². The molecule has 1 saturated carbocycles. The molecule has 2 aliphatic heterocycles. The van der Waals surface area contributed by atoms with E-state index in [1.807, 2.05) is 18.2 Å². The molecule has 3 aromatic rings. The van der Waals surface area contributed by atoms with Gasteiger partial charge in [-0.2, -0.15) is 0 Å². The highest BCUT2D eigenvalue weighted by molar-refractivity contribution is 5.64. The number of anilines is 2. The number of nitrogens with zero attached hydrogens (tertiary/aromatic N) is 4. The third-order valence-corrected chi connectivity index (χ3v) is 7.82. The maximum atomic E-state index is 14.4. The van der Waals surface area contributed by atoms with Crippen LogP contribution in [0.15, 0.2) is 48.7 Å². The molecule has 2 aromatic carbocycles. The number of fused-ring (bicyclic) bond motifs is 8. The highest BCUT2D eigenvalue weighted by atomic mass is 19.1. The van der Waals surface area contributed by atoms with Crippen molar-refractivity contribution in [3.8, 4) is 22.8 Å². The van der Waals surface area contributed by atoms with Gasteiger partial charge in [-0.05, 0) is 94.1 Å². The zero-order valence-electron chi connectivity index (χ0n) is 22.0. The van der Waals surface area contributed by atoms with Crippen LogP contribution in [0.2, 0.25) is 0 Å². The number of nitrogens with one attached hydrogen (secondary N) is 1. The Kier molecular flexibility index (Phi) is 7.42. The second kappa shape index (κ2) is 11.3. The van der Waals surface area contributed by atoms with Crippen LogP contribution < -0.4 is 14.8 Å². The average molecular weight is 518 g/mol. The molecule has 2 fully saturated rings. The molecule has 6 rings (SSSR count). The summed E-state index contributed by atoms with van der Waals surface area (Å²) in [5.41, 5.74) is 3.34. The highest BCUT2D eigenvalue weighted by Crippen LogP contribution is 2.42. The number of aromatic nitrogens is 2. The number of rotatable bonds is 4. The van der Waals surface area contributed by atoms with Crippen molar-refractivity contribution >= 4 is 11.6 Å². The van der Waals surface area contributed by atoms with Gasteiger partial charge in [0.15, 0.2) is 0 Å². The SMILES string of the molecule is CN1Cc2cc(ccc2OCCN2CCCC2)Nc2nccc(n2)-c2cc(F)cc(c2)OCCC2CC2C1. The van der Waals surface area contributed by atoms with E-state index >= 15 is 0 Å². The van der Waals surface area contributed by atoms with Crippen molar-refractivity contribution in [2.75, 3.05) is 51.8 Å². The van der Waals surface area contributed by atoms with Gasteiger partial charge in [0.05, 0.1) is 12.3 Å². The predicted molar refractivity (Wildman–Crippen MR) is 146 cm³/mol. The third kappa shape index (κ3) is 6.25. The molecule has 3 aliphatic rings. The van der Waals surface area contributed by atoms with E-state index in [0.29, 0.717) is 48.0 Å². The average Bonchev–Trinajstić information content (AvgIpc) is 3.40. The van der Waals surface area contributed by atoms with Crippen LogP contribution >= 0.6 is 0 Å². The van der Waals surface area contributed by atoms with E-state index in [4.69, 9.17) is 9.47 Å². The Hall–Kier alpha value is -3.23. The van der Waals surface area contributed by atoms with Crippen LogP contribution in [0.3, 0.4) is 0 Å². The Morgan fingerprint density at radius 1 is 1.11 bits per heavy atom. The number of hydrogen-bond acceptors (Lipinski definition) is 7. The van der Waals surface area contributed by atoms with Gasteiger partial charge in [-0.15, -0.1) is 0 Å². The minimum absolute atomic E-state index is 0.337. The van der Waals surface area contributed by atoms with Crippen LogP contribution in [0.1, 0.15) is 31.2 Å². The van der Waals surface area contributed by atoms with E-state index in [1.54, 1.807) is 12.3 Å². The summed E-state index contributed by atoms with van der Waals surface area (Å²) in [7, 11) is 2.18. The lowest BCUT2D eigenvalue weighted by atomic mass is 10.1. The van der Waals surface area contributed by atoms with Crippen molar-refractivity contribution in [3.63, 3.8) is 0 Å². The summed E-state index contributed by atoms with van der Waals surface area (Å²) in [6, 6.07) is 12.8. The summed E-state index contributed by atoms with van der Waals surface area (Å²) in [6.45, 7) is 6.42. The fourth-order valence-corrected chi connectivity index (χ4v) is 5.69. The Balaban J connectivity index is 1.27. The third-order valence-electron chi connectivity index (χ3n) is 7.82. The van der Waals surface area contributed by atoms with Crippen LogP contribution in [0, 0.1) is 17.7 Å². The first-order chi connectivity index (χ1) is 18.6. The van der Waals surface area contributed by atoms with Crippen molar-refractivity contribution in [3.05, 3.63) is 60.0 Å². The fourth-order valence-electron chi connectivity index (χ4n) is 5.69. The van der Waals surface area contributed by atoms with Gasteiger partial charge in [-0.1, -0.05) is 0 Å². The van der Waals surface area contributed by atoms with E-state index < -0.39 is 0 Å². The standard InChI is InChI=1S/C30H36FN5O2/c1-35-19-23-14-21(23)7-12-37-27-17-22(15-25(31)18-27)28-6-8-32-30(34-28)33-26-4-5-29(24(16-26)20-35)38-13-11-36-9-2-3-10-36/h4-6,8,15-18,21,23H,2-3,7,9-14,19-20H2,1H3,(H,32,33,34). The first-order valence-electron chi connectivity index (χ1n) is 13.8. The van der Waals surface area contributed by atoms with Crippen molar-refractivity contribution in [1.29, 1.82) is 0 Å². The predicted octanol–water partition coefficient (Wildman–Crippen LogP) is 5.35. The molecule has 0 radical (unpaired) electrons. The largest absolute Gasteiger partial charge is 0.493 e. The first kappa shape index (κ1) is 25.1. The Bertz CT molecular complexity index is 1270. The molecule has 38 heavy (non-hydrogen) atoms. The van der Waals surface area contributed by atoms with Gasteiger partial charge in [0.1, 0.15) is 23.9 Å². The molecular weight excluding hydrogens is 481 g/mol. The highest BCUT2D eigenvalue weighted by Gasteiger charge is 2.37. The van der Waals surface area contributed by atoms with Gasteiger partial charge in [-0.3, -0.25) is 4.90 Å². The summed E-state index contributed by atoms with van der Waals surface area (Å²) in [5.74, 6) is 2.90. The molecule has 2 unspecified atom stereocenters. The molecule has 0 spiro atoms. The minimum Gasteiger partial charge on any atom is -0.493 e. The monoisotopic (exact) mass is 517 g/mol. The summed E-state index contributed by atoms with van der Waals surface area (Å²) >= 11 is 0. The summed E-state index contributed by atoms with van der Waals surface area (Å²) in [5, 5.41) is 3.34. The van der Waals surface area contributed by atoms with E-state index in [-0.39, 0.29) is 5.82 Å². The van der Waals surface area contributed by atoms with Gasteiger partial charge < -0.3 is 19.7 Å². The van der Waals surface area contributed by atoms with Crippen molar-refractivity contribution < 1.29 is 13.9 Å². The molecule has 1 saturated heterocycles. The molecule has 200 valence electrons. The van der Waals surface area contributed by atoms with E-state index in [1.165, 1.54) is 44.5 Å². The lowest BCUT2D eigenvalue weighted by Crippen LogP contribution is -2.25. The Morgan fingerprint density at radius 3 is 2.89 bits per heavy atom. The Labute approximate surface area is 224 Å². The summed E-state index contributed by atoms with van der Waals surface area (Å²) in [6.07, 6.45) is 6.45. The number of benzene rings is 2. The normalized spacial score (nSPS) is 21.9. The summed E-state index contributed by atoms with van der Waals surface area (Å²) in [4.78, 5) is 13.9. The van der Waals surface area contributed by atoms with Crippen molar-refractivity contribution in [2.24, 2.45) is 11.8 Å². The molecule has 7 nitrogen and oxygen atoms in total. The van der Waals surface area contributed by atoms with Gasteiger partial charge in [0, 0.05) is 48.7 Å². The lowest BCUT2D eigenvalue weighted by molar-refractivity contribution is 0.232. The van der Waals surface area contributed by atoms with Gasteiger partial charge in [-0.25, -0.2) is 14.4 Å². The number of halogens is 1. The maximum absolute atomic E-state index is 14.4. The van der Waals surface area contributed by atoms with Crippen LogP contribution in [0.5, 0.6) is 11.5 Å². The zero-order chi connectivity index (χ0) is 25.9. The number of ether oxygens (including phenoxy) is 2. The zero-order valence-corrected chi connectivity index (χ0v) is 22.0. The molecule has 8 heteroatoms. The minimum atomic E-state index is -0.337. The number of hydrogen-bond donors (Lipinski definition) is 1. The van der Waals surface area contributed by atoms with Gasteiger partial charge in [0.25, 0.3) is 0 Å². The van der Waals surface area contributed by atoms with Gasteiger partial charge >= 0.3 is 0 Å². The first-order valence-corrected chi connectivity index (χ1v) is 13.8.